The van der Waals surface area contributed by atoms with Crippen LogP contribution in [0.25, 0.3) is 0 Å². The minimum absolute atomic E-state index is 0.146. The molecule has 0 aliphatic carbocycles. The van der Waals surface area contributed by atoms with E-state index in [1.165, 1.54) is 0 Å². The van der Waals surface area contributed by atoms with Gasteiger partial charge in [-0.05, 0) is 90.0 Å². The standard InChI is InChI=1S/C22H22IN3O4/c1-3-30-22(28)19-18-12-13-25(15-6-4-14(23)5-7-15)21(27)20(18)26(24-19)16-8-10-17(29-2)11-9-16/h4-11,19,24H,3,12-13H2,1-2H3. The molecule has 2 aliphatic rings. The van der Waals surface area contributed by atoms with Crippen LogP contribution in [0.1, 0.15) is 13.3 Å². The maximum Gasteiger partial charge on any atom is 0.329 e. The molecule has 0 spiro atoms. The molecule has 1 amide bonds. The Morgan fingerprint density at radius 1 is 1.13 bits per heavy atom. The molecule has 2 aromatic carbocycles. The van der Waals surface area contributed by atoms with Crippen molar-refractivity contribution in [1.82, 2.24) is 5.43 Å². The zero-order valence-electron chi connectivity index (χ0n) is 16.7. The van der Waals surface area contributed by atoms with Gasteiger partial charge in [0, 0.05) is 15.8 Å². The summed E-state index contributed by atoms with van der Waals surface area (Å²) >= 11 is 2.24. The molecule has 0 saturated carbocycles. The Balaban J connectivity index is 1.72. The summed E-state index contributed by atoms with van der Waals surface area (Å²) in [5.41, 5.74) is 5.99. The van der Waals surface area contributed by atoms with Gasteiger partial charge in [-0.2, -0.15) is 0 Å². The van der Waals surface area contributed by atoms with Gasteiger partial charge in [-0.25, -0.2) is 10.2 Å². The molecule has 1 unspecified atom stereocenters. The number of hydrogen-bond acceptors (Lipinski definition) is 6. The number of carbonyl (C=O) groups is 2. The third kappa shape index (κ3) is 3.77. The van der Waals surface area contributed by atoms with E-state index in [9.17, 15) is 9.59 Å². The highest BCUT2D eigenvalue weighted by Crippen LogP contribution is 2.36. The highest BCUT2D eigenvalue weighted by atomic mass is 127. The lowest BCUT2D eigenvalue weighted by Gasteiger charge is -2.31. The van der Waals surface area contributed by atoms with Crippen molar-refractivity contribution in [3.63, 3.8) is 0 Å². The van der Waals surface area contributed by atoms with E-state index in [-0.39, 0.29) is 18.5 Å². The second-order valence-corrected chi connectivity index (χ2v) is 8.15. The van der Waals surface area contributed by atoms with Crippen LogP contribution < -0.4 is 20.1 Å². The van der Waals surface area contributed by atoms with Crippen molar-refractivity contribution < 1.29 is 19.1 Å². The number of anilines is 2. The summed E-state index contributed by atoms with van der Waals surface area (Å²) in [6, 6.07) is 14.5. The highest BCUT2D eigenvalue weighted by molar-refractivity contribution is 14.1. The highest BCUT2D eigenvalue weighted by Gasteiger charge is 2.44. The van der Waals surface area contributed by atoms with Crippen molar-refractivity contribution in [3.8, 4) is 5.75 Å². The number of methoxy groups -OCH3 is 1. The van der Waals surface area contributed by atoms with Gasteiger partial charge in [0.25, 0.3) is 5.91 Å². The van der Waals surface area contributed by atoms with Crippen molar-refractivity contribution in [2.75, 3.05) is 30.2 Å². The van der Waals surface area contributed by atoms with E-state index >= 15 is 0 Å². The van der Waals surface area contributed by atoms with Gasteiger partial charge >= 0.3 is 5.97 Å². The second kappa shape index (κ2) is 8.65. The molecular weight excluding hydrogens is 497 g/mol. The molecule has 4 rings (SSSR count). The SMILES string of the molecule is CCOC(=O)C1NN(c2ccc(OC)cc2)C2=C1CCN(c1ccc(I)cc1)C2=O. The normalized spacial score (nSPS) is 18.5. The minimum atomic E-state index is -0.676. The van der Waals surface area contributed by atoms with Crippen LogP contribution in [-0.2, 0) is 14.3 Å². The maximum absolute atomic E-state index is 13.5. The van der Waals surface area contributed by atoms with Gasteiger partial charge in [-0.1, -0.05) is 0 Å². The lowest BCUT2D eigenvalue weighted by molar-refractivity contribution is -0.144. The molecule has 2 aromatic rings. The van der Waals surface area contributed by atoms with E-state index in [1.807, 2.05) is 48.5 Å². The molecule has 2 heterocycles. The summed E-state index contributed by atoms with van der Waals surface area (Å²) in [6.07, 6.45) is 0.580. The molecule has 0 fully saturated rings. The molecule has 0 radical (unpaired) electrons. The average molecular weight is 519 g/mol. The summed E-state index contributed by atoms with van der Waals surface area (Å²) in [6.45, 7) is 2.56. The number of hydrazine groups is 1. The molecule has 1 atom stereocenters. The molecule has 7 nitrogen and oxygen atoms in total. The average Bonchev–Trinajstić information content (AvgIpc) is 3.16. The number of benzene rings is 2. The molecular formula is C22H22IN3O4. The predicted molar refractivity (Wildman–Crippen MR) is 122 cm³/mol. The zero-order valence-corrected chi connectivity index (χ0v) is 18.9. The van der Waals surface area contributed by atoms with Crippen LogP contribution in [0.5, 0.6) is 5.75 Å². The van der Waals surface area contributed by atoms with E-state index < -0.39 is 6.04 Å². The van der Waals surface area contributed by atoms with E-state index in [1.54, 1.807) is 23.9 Å². The molecule has 0 aromatic heterocycles. The Hall–Kier alpha value is -2.59. The van der Waals surface area contributed by atoms with Crippen molar-refractivity contribution in [2.24, 2.45) is 0 Å². The second-order valence-electron chi connectivity index (χ2n) is 6.90. The Bertz CT molecular complexity index is 988. The fourth-order valence-electron chi connectivity index (χ4n) is 3.73. The Labute approximate surface area is 188 Å². The minimum Gasteiger partial charge on any atom is -0.497 e. The van der Waals surface area contributed by atoms with Gasteiger partial charge in [0.05, 0.1) is 19.4 Å². The zero-order chi connectivity index (χ0) is 21.3. The molecule has 0 saturated heterocycles. The van der Waals surface area contributed by atoms with E-state index in [4.69, 9.17) is 9.47 Å². The largest absolute Gasteiger partial charge is 0.497 e. The van der Waals surface area contributed by atoms with Crippen LogP contribution in [0.2, 0.25) is 0 Å². The van der Waals surface area contributed by atoms with Crippen LogP contribution in [-0.4, -0.2) is 38.2 Å². The number of esters is 1. The summed E-state index contributed by atoms with van der Waals surface area (Å²) in [5, 5.41) is 1.69. The summed E-state index contributed by atoms with van der Waals surface area (Å²) in [7, 11) is 1.60. The number of ether oxygens (including phenoxy) is 2. The first-order chi connectivity index (χ1) is 14.5. The maximum atomic E-state index is 13.5. The van der Waals surface area contributed by atoms with Gasteiger partial charge < -0.3 is 14.4 Å². The van der Waals surface area contributed by atoms with Crippen molar-refractivity contribution in [3.05, 3.63) is 63.4 Å². The monoisotopic (exact) mass is 519 g/mol. The Kier molecular flexibility index (Phi) is 5.96. The number of halogens is 1. The number of nitrogens with one attached hydrogen (secondary N) is 1. The molecule has 1 N–H and O–H groups in total. The third-order valence-electron chi connectivity index (χ3n) is 5.18. The number of amides is 1. The molecule has 0 bridgehead atoms. The van der Waals surface area contributed by atoms with Crippen LogP contribution in [0, 0.1) is 3.57 Å². The fraction of sp³-hybridized carbons (Fsp3) is 0.273. The van der Waals surface area contributed by atoms with E-state index in [0.29, 0.717) is 24.4 Å². The van der Waals surface area contributed by atoms with Gasteiger partial charge in [0.1, 0.15) is 17.5 Å². The van der Waals surface area contributed by atoms with Gasteiger partial charge in [0.15, 0.2) is 0 Å². The summed E-state index contributed by atoms with van der Waals surface area (Å²) in [5.74, 6) is 0.189. The quantitative estimate of drug-likeness (QED) is 0.484. The van der Waals surface area contributed by atoms with E-state index in [0.717, 1.165) is 20.5 Å². The number of nitrogens with zero attached hydrogens (tertiary/aromatic N) is 2. The number of carbonyl (C=O) groups excluding carboxylic acids is 2. The molecule has 8 heteroatoms. The Morgan fingerprint density at radius 2 is 1.80 bits per heavy atom. The van der Waals surface area contributed by atoms with E-state index in [2.05, 4.69) is 28.0 Å². The predicted octanol–water partition coefficient (Wildman–Crippen LogP) is 3.25. The van der Waals surface area contributed by atoms with Gasteiger partial charge in [-0.15, -0.1) is 0 Å². The molecule has 2 aliphatic heterocycles. The topological polar surface area (TPSA) is 71.1 Å². The van der Waals surface area contributed by atoms with Crippen LogP contribution in [0.4, 0.5) is 11.4 Å². The van der Waals surface area contributed by atoms with Crippen LogP contribution in [0.15, 0.2) is 59.8 Å². The van der Waals surface area contributed by atoms with Crippen molar-refractivity contribution >= 4 is 45.8 Å². The smallest absolute Gasteiger partial charge is 0.329 e. The first kappa shape index (κ1) is 20.7. The lowest BCUT2D eigenvalue weighted by Crippen LogP contribution is -2.44. The number of rotatable bonds is 5. The molecule has 156 valence electrons. The van der Waals surface area contributed by atoms with Gasteiger partial charge in [0.2, 0.25) is 0 Å². The first-order valence-corrected chi connectivity index (χ1v) is 10.8. The fourth-order valence-corrected chi connectivity index (χ4v) is 4.09. The first-order valence-electron chi connectivity index (χ1n) is 9.71. The summed E-state index contributed by atoms with van der Waals surface area (Å²) < 4.78 is 11.6. The number of hydrogen-bond donors (Lipinski definition) is 1. The van der Waals surface area contributed by atoms with Crippen molar-refractivity contribution in [2.45, 2.75) is 19.4 Å². The van der Waals surface area contributed by atoms with Crippen molar-refractivity contribution in [1.29, 1.82) is 0 Å². The summed E-state index contributed by atoms with van der Waals surface area (Å²) in [4.78, 5) is 27.9. The van der Waals surface area contributed by atoms with Crippen LogP contribution >= 0.6 is 22.6 Å². The Morgan fingerprint density at radius 3 is 2.43 bits per heavy atom. The lowest BCUT2D eigenvalue weighted by atomic mass is 9.98. The molecule has 30 heavy (non-hydrogen) atoms. The van der Waals surface area contributed by atoms with Gasteiger partial charge in [-0.3, -0.25) is 9.80 Å². The van der Waals surface area contributed by atoms with Crippen LogP contribution in [0.3, 0.4) is 0 Å². The third-order valence-corrected chi connectivity index (χ3v) is 5.90.